The SMILES string of the molecule is C[C@H](NC(=O)NCc1ccc(F)c(Cn2ccnc2)c1)[C@@H]1CCCO1. The molecule has 2 aromatic rings. The van der Waals surface area contributed by atoms with Crippen LogP contribution in [0.5, 0.6) is 0 Å². The second-order valence-electron chi connectivity index (χ2n) is 6.33. The van der Waals surface area contributed by atoms with Gasteiger partial charge in [-0.05, 0) is 37.5 Å². The Bertz CT molecular complexity index is 699. The van der Waals surface area contributed by atoms with E-state index in [0.717, 1.165) is 25.0 Å². The number of benzene rings is 1. The van der Waals surface area contributed by atoms with E-state index < -0.39 is 0 Å². The number of rotatable bonds is 6. The summed E-state index contributed by atoms with van der Waals surface area (Å²) < 4.78 is 21.3. The van der Waals surface area contributed by atoms with Gasteiger partial charge in [-0.1, -0.05) is 6.07 Å². The summed E-state index contributed by atoms with van der Waals surface area (Å²) in [6, 6.07) is 4.59. The van der Waals surface area contributed by atoms with Gasteiger partial charge in [0.1, 0.15) is 5.82 Å². The predicted octanol–water partition coefficient (Wildman–Crippen LogP) is 2.44. The quantitative estimate of drug-likeness (QED) is 0.844. The zero-order valence-electron chi connectivity index (χ0n) is 14.2. The Morgan fingerprint density at radius 2 is 2.40 bits per heavy atom. The molecular weight excluding hydrogens is 323 g/mol. The van der Waals surface area contributed by atoms with Crippen molar-refractivity contribution >= 4 is 6.03 Å². The molecule has 1 aromatic heterocycles. The van der Waals surface area contributed by atoms with E-state index in [4.69, 9.17) is 4.74 Å². The molecule has 25 heavy (non-hydrogen) atoms. The minimum absolute atomic E-state index is 0.0347. The van der Waals surface area contributed by atoms with Gasteiger partial charge in [0.2, 0.25) is 0 Å². The number of hydrogen-bond donors (Lipinski definition) is 2. The standard InChI is InChI=1S/C18H23FN4O2/c1-13(17-3-2-8-25-17)22-18(24)21-10-14-4-5-16(19)15(9-14)11-23-7-6-20-12-23/h4-7,9,12-13,17H,2-3,8,10-11H2,1H3,(H2,21,22,24)/t13-,17-/m0/s1. The van der Waals surface area contributed by atoms with E-state index >= 15 is 0 Å². The first-order valence-electron chi connectivity index (χ1n) is 8.51. The number of hydrogen-bond acceptors (Lipinski definition) is 3. The van der Waals surface area contributed by atoms with E-state index in [-0.39, 0.29) is 24.0 Å². The molecule has 2 heterocycles. The highest BCUT2D eigenvalue weighted by Crippen LogP contribution is 2.15. The van der Waals surface area contributed by atoms with Crippen LogP contribution in [-0.4, -0.2) is 34.3 Å². The highest BCUT2D eigenvalue weighted by Gasteiger charge is 2.23. The van der Waals surface area contributed by atoms with E-state index in [1.54, 1.807) is 35.4 Å². The van der Waals surface area contributed by atoms with Crippen LogP contribution >= 0.6 is 0 Å². The van der Waals surface area contributed by atoms with Crippen molar-refractivity contribution in [1.29, 1.82) is 0 Å². The number of carbonyl (C=O) groups is 1. The molecule has 6 nitrogen and oxygen atoms in total. The molecule has 0 saturated carbocycles. The molecule has 134 valence electrons. The van der Waals surface area contributed by atoms with Crippen LogP contribution in [-0.2, 0) is 17.8 Å². The lowest BCUT2D eigenvalue weighted by atomic mass is 10.1. The molecule has 0 unspecified atom stereocenters. The summed E-state index contributed by atoms with van der Waals surface area (Å²) >= 11 is 0. The Morgan fingerprint density at radius 1 is 1.52 bits per heavy atom. The summed E-state index contributed by atoms with van der Waals surface area (Å²) in [5, 5.41) is 5.70. The molecule has 1 saturated heterocycles. The maximum Gasteiger partial charge on any atom is 0.315 e. The first-order valence-corrected chi connectivity index (χ1v) is 8.51. The third-order valence-electron chi connectivity index (χ3n) is 4.36. The smallest absolute Gasteiger partial charge is 0.315 e. The second kappa shape index (κ2) is 8.11. The summed E-state index contributed by atoms with van der Waals surface area (Å²) in [4.78, 5) is 16.0. The number of amides is 2. The third-order valence-corrected chi connectivity index (χ3v) is 4.36. The van der Waals surface area contributed by atoms with Crippen LogP contribution < -0.4 is 10.6 Å². The van der Waals surface area contributed by atoms with Crippen molar-refractivity contribution in [3.8, 4) is 0 Å². The number of nitrogens with one attached hydrogen (secondary N) is 2. The largest absolute Gasteiger partial charge is 0.376 e. The summed E-state index contributed by atoms with van der Waals surface area (Å²) in [7, 11) is 0. The summed E-state index contributed by atoms with van der Waals surface area (Å²) in [6.45, 7) is 3.44. The lowest BCUT2D eigenvalue weighted by Crippen LogP contribution is -2.45. The zero-order chi connectivity index (χ0) is 17.6. The highest BCUT2D eigenvalue weighted by atomic mass is 19.1. The van der Waals surface area contributed by atoms with Gasteiger partial charge in [-0.3, -0.25) is 0 Å². The third kappa shape index (κ3) is 4.79. The van der Waals surface area contributed by atoms with Crippen LogP contribution in [0.1, 0.15) is 30.9 Å². The molecule has 1 fully saturated rings. The maximum absolute atomic E-state index is 14.0. The van der Waals surface area contributed by atoms with Crippen LogP contribution in [0.4, 0.5) is 9.18 Å². The van der Waals surface area contributed by atoms with Crippen molar-refractivity contribution in [2.75, 3.05) is 6.61 Å². The Labute approximate surface area is 146 Å². The molecule has 2 N–H and O–H groups in total. The molecule has 0 aliphatic carbocycles. The molecule has 3 rings (SSSR count). The number of carbonyl (C=O) groups excluding carboxylic acids is 1. The number of nitrogens with zero attached hydrogens (tertiary/aromatic N) is 2. The van der Waals surface area contributed by atoms with Crippen LogP contribution in [0.3, 0.4) is 0 Å². The van der Waals surface area contributed by atoms with E-state index in [0.29, 0.717) is 18.7 Å². The number of imidazole rings is 1. The zero-order valence-corrected chi connectivity index (χ0v) is 14.2. The van der Waals surface area contributed by atoms with Crippen molar-refractivity contribution in [2.45, 2.75) is 45.0 Å². The van der Waals surface area contributed by atoms with Crippen molar-refractivity contribution in [1.82, 2.24) is 20.2 Å². The Hall–Kier alpha value is -2.41. The van der Waals surface area contributed by atoms with Gasteiger partial charge >= 0.3 is 6.03 Å². The van der Waals surface area contributed by atoms with E-state index in [2.05, 4.69) is 15.6 Å². The number of aromatic nitrogens is 2. The van der Waals surface area contributed by atoms with Crippen LogP contribution in [0.15, 0.2) is 36.9 Å². The number of urea groups is 1. The lowest BCUT2D eigenvalue weighted by molar-refractivity contribution is 0.0860. The normalized spacial score (nSPS) is 18.1. The van der Waals surface area contributed by atoms with Gasteiger partial charge in [-0.15, -0.1) is 0 Å². The lowest BCUT2D eigenvalue weighted by Gasteiger charge is -2.20. The van der Waals surface area contributed by atoms with Crippen LogP contribution in [0, 0.1) is 5.82 Å². The molecule has 1 aliphatic heterocycles. The van der Waals surface area contributed by atoms with Gasteiger partial charge in [0.15, 0.2) is 0 Å². The average molecular weight is 346 g/mol. The molecule has 0 bridgehead atoms. The van der Waals surface area contributed by atoms with Crippen molar-refractivity contribution in [2.24, 2.45) is 0 Å². The Kier molecular flexibility index (Phi) is 5.65. The summed E-state index contributed by atoms with van der Waals surface area (Å²) in [5.74, 6) is -0.270. The second-order valence-corrected chi connectivity index (χ2v) is 6.33. The van der Waals surface area contributed by atoms with Crippen molar-refractivity contribution in [3.05, 3.63) is 53.9 Å². The summed E-state index contributed by atoms with van der Waals surface area (Å²) in [5.41, 5.74) is 1.40. The fourth-order valence-electron chi connectivity index (χ4n) is 2.97. The van der Waals surface area contributed by atoms with Crippen LogP contribution in [0.2, 0.25) is 0 Å². The molecule has 1 aromatic carbocycles. The minimum atomic E-state index is -0.270. The van der Waals surface area contributed by atoms with E-state index in [9.17, 15) is 9.18 Å². The fourth-order valence-corrected chi connectivity index (χ4v) is 2.97. The molecule has 7 heteroatoms. The van der Waals surface area contributed by atoms with Crippen molar-refractivity contribution in [3.63, 3.8) is 0 Å². The monoisotopic (exact) mass is 346 g/mol. The van der Waals surface area contributed by atoms with E-state index in [1.807, 2.05) is 6.92 Å². The van der Waals surface area contributed by atoms with Gasteiger partial charge in [0.25, 0.3) is 0 Å². The topological polar surface area (TPSA) is 68.2 Å². The van der Waals surface area contributed by atoms with Crippen molar-refractivity contribution < 1.29 is 13.9 Å². The minimum Gasteiger partial charge on any atom is -0.376 e. The van der Waals surface area contributed by atoms with Gasteiger partial charge in [0.05, 0.1) is 25.0 Å². The fraction of sp³-hybridized carbons (Fsp3) is 0.444. The van der Waals surface area contributed by atoms with Crippen LogP contribution in [0.25, 0.3) is 0 Å². The number of halogens is 1. The average Bonchev–Trinajstić information content (AvgIpc) is 3.29. The Balaban J connectivity index is 1.53. The van der Waals surface area contributed by atoms with Gasteiger partial charge in [-0.25, -0.2) is 14.2 Å². The molecule has 1 aliphatic rings. The highest BCUT2D eigenvalue weighted by molar-refractivity contribution is 5.74. The first-order chi connectivity index (χ1) is 12.1. The molecule has 2 amide bonds. The Morgan fingerprint density at radius 3 is 3.12 bits per heavy atom. The molecule has 0 spiro atoms. The number of ether oxygens (including phenoxy) is 1. The van der Waals surface area contributed by atoms with Gasteiger partial charge in [-0.2, -0.15) is 0 Å². The summed E-state index contributed by atoms with van der Waals surface area (Å²) in [6.07, 6.45) is 7.17. The first kappa shape index (κ1) is 17.4. The predicted molar refractivity (Wildman–Crippen MR) is 91.5 cm³/mol. The van der Waals surface area contributed by atoms with E-state index in [1.165, 1.54) is 6.07 Å². The van der Waals surface area contributed by atoms with Gasteiger partial charge in [0, 0.05) is 31.1 Å². The molecule has 0 radical (unpaired) electrons. The van der Waals surface area contributed by atoms with Gasteiger partial charge < -0.3 is 19.9 Å². The molecular formula is C18H23FN4O2. The maximum atomic E-state index is 14.0. The molecule has 2 atom stereocenters.